The number of carbonyl (C=O) groups excluding carboxylic acids is 1. The summed E-state index contributed by atoms with van der Waals surface area (Å²) < 4.78 is 4.88. The molecule has 0 atom stereocenters. The molecule has 21 heavy (non-hydrogen) atoms. The minimum Gasteiger partial charge on any atom is -0.481 e. The number of nitrogens with zero attached hydrogens (tertiary/aromatic N) is 2. The maximum atomic E-state index is 11.8. The van der Waals surface area contributed by atoms with Gasteiger partial charge in [-0.1, -0.05) is 6.07 Å². The molecule has 2 amide bonds. The molecule has 0 aliphatic carbocycles. The fraction of sp³-hybridized carbons (Fsp3) is 0.333. The summed E-state index contributed by atoms with van der Waals surface area (Å²) in [7, 11) is 1.47. The van der Waals surface area contributed by atoms with E-state index in [0.717, 1.165) is 0 Å². The molecule has 1 aromatic heterocycles. The Morgan fingerprint density at radius 3 is 2.29 bits per heavy atom. The van der Waals surface area contributed by atoms with E-state index in [9.17, 15) is 14.4 Å². The summed E-state index contributed by atoms with van der Waals surface area (Å²) in [5.41, 5.74) is 0.662. The number of hydrogen-bond acceptors (Lipinski definition) is 5. The average molecular weight is 297 g/mol. The van der Waals surface area contributed by atoms with Crippen molar-refractivity contribution in [3.05, 3.63) is 23.9 Å². The zero-order valence-electron chi connectivity index (χ0n) is 11.3. The van der Waals surface area contributed by atoms with Gasteiger partial charge in [-0.2, -0.15) is 0 Å². The van der Waals surface area contributed by atoms with Gasteiger partial charge >= 0.3 is 18.0 Å². The van der Waals surface area contributed by atoms with Crippen LogP contribution in [0.5, 0.6) is 5.88 Å². The first-order valence-corrected chi connectivity index (χ1v) is 5.87. The largest absolute Gasteiger partial charge is 0.481 e. The number of aliphatic carboxylic acids is 2. The Morgan fingerprint density at radius 1 is 1.24 bits per heavy atom. The van der Waals surface area contributed by atoms with Gasteiger partial charge in [0.2, 0.25) is 5.88 Å². The van der Waals surface area contributed by atoms with E-state index in [1.807, 2.05) is 0 Å². The van der Waals surface area contributed by atoms with Crippen LogP contribution in [-0.2, 0) is 16.1 Å². The van der Waals surface area contributed by atoms with E-state index in [1.165, 1.54) is 13.3 Å². The highest BCUT2D eigenvalue weighted by atomic mass is 16.5. The van der Waals surface area contributed by atoms with Crippen LogP contribution >= 0.6 is 0 Å². The Morgan fingerprint density at radius 2 is 1.86 bits per heavy atom. The summed E-state index contributed by atoms with van der Waals surface area (Å²) in [6.45, 7) is -1.30. The number of nitrogens with one attached hydrogen (secondary N) is 1. The molecular weight excluding hydrogens is 282 g/mol. The maximum absolute atomic E-state index is 11.8. The number of methoxy groups -OCH3 is 1. The Balaban J connectivity index is 2.59. The van der Waals surface area contributed by atoms with Gasteiger partial charge in [0.15, 0.2) is 0 Å². The van der Waals surface area contributed by atoms with Crippen LogP contribution < -0.4 is 10.1 Å². The van der Waals surface area contributed by atoms with E-state index in [4.69, 9.17) is 14.9 Å². The molecule has 0 bridgehead atoms. The van der Waals surface area contributed by atoms with Crippen LogP contribution in [0.4, 0.5) is 4.79 Å². The number of ether oxygens (including phenoxy) is 1. The van der Waals surface area contributed by atoms with Crippen molar-refractivity contribution in [2.75, 3.05) is 20.2 Å². The van der Waals surface area contributed by atoms with Gasteiger partial charge in [0.05, 0.1) is 7.11 Å². The lowest BCUT2D eigenvalue weighted by Gasteiger charge is -2.19. The number of pyridine rings is 1. The van der Waals surface area contributed by atoms with Crippen LogP contribution in [-0.4, -0.2) is 58.3 Å². The summed E-state index contributed by atoms with van der Waals surface area (Å²) >= 11 is 0. The van der Waals surface area contributed by atoms with Gasteiger partial charge in [0.25, 0.3) is 0 Å². The van der Waals surface area contributed by atoms with Crippen molar-refractivity contribution in [2.24, 2.45) is 0 Å². The Kier molecular flexibility index (Phi) is 5.93. The fourth-order valence-electron chi connectivity index (χ4n) is 1.45. The molecule has 0 fully saturated rings. The van der Waals surface area contributed by atoms with Crippen molar-refractivity contribution >= 4 is 18.0 Å². The van der Waals surface area contributed by atoms with Gasteiger partial charge in [-0.3, -0.25) is 9.59 Å². The van der Waals surface area contributed by atoms with Gasteiger partial charge in [0.1, 0.15) is 13.1 Å². The molecule has 1 aromatic rings. The monoisotopic (exact) mass is 297 g/mol. The number of aromatic nitrogens is 1. The third-order valence-corrected chi connectivity index (χ3v) is 2.39. The predicted molar refractivity (Wildman–Crippen MR) is 69.9 cm³/mol. The SMILES string of the molecule is COc1ccc(CNC(=O)N(CC(=O)O)CC(=O)O)cn1. The van der Waals surface area contributed by atoms with Crippen LogP contribution in [0.15, 0.2) is 18.3 Å². The molecule has 0 aromatic carbocycles. The highest BCUT2D eigenvalue weighted by Crippen LogP contribution is 2.06. The lowest BCUT2D eigenvalue weighted by atomic mass is 10.3. The molecule has 0 aliphatic heterocycles. The third-order valence-electron chi connectivity index (χ3n) is 2.39. The van der Waals surface area contributed by atoms with Crippen molar-refractivity contribution in [1.29, 1.82) is 0 Å². The zero-order chi connectivity index (χ0) is 15.8. The van der Waals surface area contributed by atoms with Crippen molar-refractivity contribution in [3.63, 3.8) is 0 Å². The molecule has 114 valence electrons. The third kappa shape index (κ3) is 5.76. The van der Waals surface area contributed by atoms with E-state index < -0.39 is 31.1 Å². The number of hydrogen-bond donors (Lipinski definition) is 3. The summed E-state index contributed by atoms with van der Waals surface area (Å²) in [5, 5.41) is 19.7. The second-order valence-corrected chi connectivity index (χ2v) is 4.01. The lowest BCUT2D eigenvalue weighted by Crippen LogP contribution is -2.45. The number of amides is 2. The van der Waals surface area contributed by atoms with E-state index in [1.54, 1.807) is 12.1 Å². The van der Waals surface area contributed by atoms with Crippen molar-refractivity contribution < 1.29 is 29.3 Å². The van der Waals surface area contributed by atoms with Gasteiger partial charge in [0, 0.05) is 18.8 Å². The van der Waals surface area contributed by atoms with E-state index >= 15 is 0 Å². The Hall–Kier alpha value is -2.84. The summed E-state index contributed by atoms with van der Waals surface area (Å²) in [5.74, 6) is -2.17. The highest BCUT2D eigenvalue weighted by Gasteiger charge is 2.19. The van der Waals surface area contributed by atoms with Crippen molar-refractivity contribution in [2.45, 2.75) is 6.54 Å². The van der Waals surface area contributed by atoms with Gasteiger partial charge < -0.3 is 25.2 Å². The summed E-state index contributed by atoms with van der Waals surface area (Å²) in [4.78, 5) is 37.6. The number of urea groups is 1. The highest BCUT2D eigenvalue weighted by molar-refractivity contribution is 5.84. The standard InChI is InChI=1S/C12H15N3O6/c1-21-9-3-2-8(4-13-9)5-14-12(20)15(6-10(16)17)7-11(18)19/h2-4H,5-7H2,1H3,(H,14,20)(H,16,17)(H,18,19). The quantitative estimate of drug-likeness (QED) is 0.634. The average Bonchev–Trinajstić information content (AvgIpc) is 2.43. The molecule has 0 spiro atoms. The molecule has 0 aliphatic rings. The van der Waals surface area contributed by atoms with Crippen LogP contribution in [0.3, 0.4) is 0 Å². The smallest absolute Gasteiger partial charge is 0.323 e. The second kappa shape index (κ2) is 7.68. The van der Waals surface area contributed by atoms with Gasteiger partial charge in [-0.05, 0) is 5.56 Å². The van der Waals surface area contributed by atoms with Crippen LogP contribution in [0.1, 0.15) is 5.56 Å². The summed E-state index contributed by atoms with van der Waals surface area (Å²) in [6.07, 6.45) is 1.48. The topological polar surface area (TPSA) is 129 Å². The van der Waals surface area contributed by atoms with Crippen molar-refractivity contribution in [3.8, 4) is 5.88 Å². The Labute approximate surface area is 120 Å². The molecule has 1 rings (SSSR count). The van der Waals surface area contributed by atoms with Crippen LogP contribution in [0, 0.1) is 0 Å². The first kappa shape index (κ1) is 16.2. The molecule has 0 saturated carbocycles. The Bertz CT molecular complexity index is 500. The fourth-order valence-corrected chi connectivity index (χ4v) is 1.45. The molecule has 3 N–H and O–H groups in total. The minimum atomic E-state index is -1.29. The molecule has 9 heteroatoms. The molecule has 9 nitrogen and oxygen atoms in total. The van der Waals surface area contributed by atoms with Crippen LogP contribution in [0.2, 0.25) is 0 Å². The predicted octanol–water partition coefficient (Wildman–Crippen LogP) is -0.229. The number of carboxylic acids is 2. The summed E-state index contributed by atoms with van der Waals surface area (Å²) in [6, 6.07) is 2.49. The molecule has 0 radical (unpaired) electrons. The minimum absolute atomic E-state index is 0.0889. The maximum Gasteiger partial charge on any atom is 0.323 e. The molecule has 0 saturated heterocycles. The lowest BCUT2D eigenvalue weighted by molar-refractivity contribution is -0.140. The van der Waals surface area contributed by atoms with Gasteiger partial charge in [-0.15, -0.1) is 0 Å². The number of carboxylic acid groups (broad SMARTS) is 2. The van der Waals surface area contributed by atoms with E-state index in [0.29, 0.717) is 16.3 Å². The van der Waals surface area contributed by atoms with Gasteiger partial charge in [-0.25, -0.2) is 9.78 Å². The first-order valence-electron chi connectivity index (χ1n) is 5.87. The number of rotatable bonds is 7. The zero-order valence-corrected chi connectivity index (χ0v) is 11.3. The van der Waals surface area contributed by atoms with Crippen LogP contribution in [0.25, 0.3) is 0 Å². The molecule has 0 unspecified atom stereocenters. The van der Waals surface area contributed by atoms with Crippen molar-refractivity contribution in [1.82, 2.24) is 15.2 Å². The number of carbonyl (C=O) groups is 3. The first-order chi connectivity index (χ1) is 9.92. The van der Waals surface area contributed by atoms with E-state index in [2.05, 4.69) is 10.3 Å². The molecule has 1 heterocycles. The molecular formula is C12H15N3O6. The van der Waals surface area contributed by atoms with E-state index in [-0.39, 0.29) is 6.54 Å². The second-order valence-electron chi connectivity index (χ2n) is 4.01. The normalized spacial score (nSPS) is 9.76.